The number of aliphatic imine (C=N–C) groups is 1. The molecule has 0 radical (unpaired) electrons. The fourth-order valence-corrected chi connectivity index (χ4v) is 1.66. The molecule has 0 unspecified atom stereocenters. The van der Waals surface area contributed by atoms with Crippen molar-refractivity contribution < 1.29 is 4.39 Å². The zero-order chi connectivity index (χ0) is 8.72. The number of halogens is 3. The average molecular weight is 205 g/mol. The molecule has 0 aromatic carbocycles. The van der Waals surface area contributed by atoms with E-state index in [0.717, 1.165) is 6.20 Å². The van der Waals surface area contributed by atoms with Crippen LogP contribution in [0.1, 0.15) is 11.1 Å². The molecule has 0 N–H and O–H groups in total. The van der Waals surface area contributed by atoms with Gasteiger partial charge in [-0.3, -0.25) is 4.99 Å². The number of hydrogen-bond acceptors (Lipinski definition) is 2. The van der Waals surface area contributed by atoms with E-state index in [4.69, 9.17) is 23.2 Å². The molecule has 0 aliphatic carbocycles. The highest BCUT2D eigenvalue weighted by Gasteiger charge is 2.21. The SMILES string of the molecule is Fc1cnc(Cl)c2c1CN=C2Cl. The van der Waals surface area contributed by atoms with E-state index in [1.807, 2.05) is 0 Å². The zero-order valence-electron chi connectivity index (χ0n) is 5.81. The Morgan fingerprint density at radius 2 is 2.17 bits per heavy atom. The van der Waals surface area contributed by atoms with Gasteiger partial charge in [-0.05, 0) is 0 Å². The van der Waals surface area contributed by atoms with Crippen LogP contribution in [0.15, 0.2) is 11.2 Å². The number of rotatable bonds is 0. The maximum absolute atomic E-state index is 13.0. The van der Waals surface area contributed by atoms with Crippen LogP contribution in [-0.2, 0) is 6.54 Å². The van der Waals surface area contributed by atoms with Gasteiger partial charge in [0.25, 0.3) is 0 Å². The Balaban J connectivity index is 2.71. The summed E-state index contributed by atoms with van der Waals surface area (Å²) in [6, 6.07) is 0. The first kappa shape index (κ1) is 7.95. The van der Waals surface area contributed by atoms with E-state index in [2.05, 4.69) is 9.98 Å². The Hall–Kier alpha value is -0.670. The number of fused-ring (bicyclic) bond motifs is 1. The quantitative estimate of drug-likeness (QED) is 0.597. The molecule has 2 rings (SSSR count). The van der Waals surface area contributed by atoms with Crippen LogP contribution in [0.5, 0.6) is 0 Å². The lowest BCUT2D eigenvalue weighted by molar-refractivity contribution is 0.606. The summed E-state index contributed by atoms with van der Waals surface area (Å²) in [5.41, 5.74) is 0.860. The monoisotopic (exact) mass is 204 g/mol. The minimum atomic E-state index is -0.409. The second-order valence-electron chi connectivity index (χ2n) is 2.36. The normalized spacial score (nSPS) is 14.4. The lowest BCUT2D eigenvalue weighted by atomic mass is 10.2. The van der Waals surface area contributed by atoms with Gasteiger partial charge in [0.2, 0.25) is 0 Å². The van der Waals surface area contributed by atoms with Crippen LogP contribution >= 0.6 is 23.2 Å². The van der Waals surface area contributed by atoms with Crippen LogP contribution in [0.3, 0.4) is 0 Å². The predicted octanol–water partition coefficient (Wildman–Crippen LogP) is 2.37. The Kier molecular flexibility index (Phi) is 1.77. The largest absolute Gasteiger partial charge is 0.268 e. The number of nitrogens with zero attached hydrogens (tertiary/aromatic N) is 2. The molecule has 1 aliphatic heterocycles. The molecule has 1 aliphatic rings. The van der Waals surface area contributed by atoms with E-state index < -0.39 is 5.82 Å². The second-order valence-corrected chi connectivity index (χ2v) is 3.07. The molecule has 2 heterocycles. The van der Waals surface area contributed by atoms with Gasteiger partial charge in [0, 0.05) is 5.56 Å². The second kappa shape index (κ2) is 2.68. The molecular formula is C7H3Cl2FN2. The fraction of sp³-hybridized carbons (Fsp3) is 0.143. The molecule has 0 saturated carbocycles. The Labute approximate surface area is 78.0 Å². The van der Waals surface area contributed by atoms with Gasteiger partial charge in [0.1, 0.15) is 16.1 Å². The Bertz CT molecular complexity index is 376. The summed E-state index contributed by atoms with van der Waals surface area (Å²) in [5.74, 6) is -0.409. The topological polar surface area (TPSA) is 25.2 Å². The van der Waals surface area contributed by atoms with Crippen molar-refractivity contribution in [3.8, 4) is 0 Å². The molecule has 0 atom stereocenters. The first-order chi connectivity index (χ1) is 5.70. The highest BCUT2D eigenvalue weighted by molar-refractivity contribution is 6.71. The standard InChI is InChI=1S/C7H3Cl2FN2/c8-6-5-3(1-11-6)4(10)2-12-7(5)9/h2H,1H2. The van der Waals surface area contributed by atoms with Gasteiger partial charge in [-0.1, -0.05) is 23.2 Å². The summed E-state index contributed by atoms with van der Waals surface area (Å²) in [7, 11) is 0. The molecule has 1 aromatic rings. The van der Waals surface area contributed by atoms with Crippen LogP contribution in [0, 0.1) is 5.82 Å². The van der Waals surface area contributed by atoms with Crippen LogP contribution in [0.4, 0.5) is 4.39 Å². The minimum Gasteiger partial charge on any atom is -0.268 e. The first-order valence-corrected chi connectivity index (χ1v) is 3.99. The third kappa shape index (κ3) is 1.01. The van der Waals surface area contributed by atoms with Crippen molar-refractivity contribution in [2.45, 2.75) is 6.54 Å². The van der Waals surface area contributed by atoms with Crippen LogP contribution < -0.4 is 0 Å². The molecule has 0 fully saturated rings. The van der Waals surface area contributed by atoms with Gasteiger partial charge in [0.05, 0.1) is 18.3 Å². The van der Waals surface area contributed by atoms with Crippen molar-refractivity contribution in [2.75, 3.05) is 0 Å². The van der Waals surface area contributed by atoms with E-state index in [1.54, 1.807) is 0 Å². The molecule has 0 saturated heterocycles. The summed E-state index contributed by atoms with van der Waals surface area (Å²) in [4.78, 5) is 7.47. The highest BCUT2D eigenvalue weighted by atomic mass is 35.5. The summed E-state index contributed by atoms with van der Waals surface area (Å²) < 4.78 is 13.0. The van der Waals surface area contributed by atoms with Crippen molar-refractivity contribution in [3.63, 3.8) is 0 Å². The zero-order valence-corrected chi connectivity index (χ0v) is 7.32. The third-order valence-corrected chi connectivity index (χ3v) is 2.26. The minimum absolute atomic E-state index is 0.206. The Morgan fingerprint density at radius 1 is 1.42 bits per heavy atom. The van der Waals surface area contributed by atoms with E-state index in [0.29, 0.717) is 11.1 Å². The predicted molar refractivity (Wildman–Crippen MR) is 45.3 cm³/mol. The van der Waals surface area contributed by atoms with Gasteiger partial charge < -0.3 is 0 Å². The maximum Gasteiger partial charge on any atom is 0.147 e. The molecule has 12 heavy (non-hydrogen) atoms. The first-order valence-electron chi connectivity index (χ1n) is 3.23. The smallest absolute Gasteiger partial charge is 0.147 e. The lowest BCUT2D eigenvalue weighted by Crippen LogP contribution is -1.96. The van der Waals surface area contributed by atoms with Gasteiger partial charge in [-0.25, -0.2) is 9.37 Å². The van der Waals surface area contributed by atoms with E-state index in [-0.39, 0.29) is 16.9 Å². The average Bonchev–Trinajstić information content (AvgIpc) is 2.42. The molecule has 0 amide bonds. The fourth-order valence-electron chi connectivity index (χ4n) is 1.09. The van der Waals surface area contributed by atoms with E-state index in [1.165, 1.54) is 0 Å². The molecule has 0 bridgehead atoms. The number of hydrogen-bond donors (Lipinski definition) is 0. The van der Waals surface area contributed by atoms with Crippen molar-refractivity contribution in [2.24, 2.45) is 4.99 Å². The summed E-state index contributed by atoms with van der Waals surface area (Å²) >= 11 is 11.4. The van der Waals surface area contributed by atoms with Gasteiger partial charge in [-0.2, -0.15) is 0 Å². The summed E-state index contributed by atoms with van der Waals surface area (Å²) in [5, 5.41) is 0.444. The van der Waals surface area contributed by atoms with Crippen molar-refractivity contribution in [1.29, 1.82) is 0 Å². The molecular weight excluding hydrogens is 202 g/mol. The molecule has 0 spiro atoms. The van der Waals surface area contributed by atoms with Gasteiger partial charge in [-0.15, -0.1) is 0 Å². The number of aromatic nitrogens is 1. The van der Waals surface area contributed by atoms with Gasteiger partial charge >= 0.3 is 0 Å². The van der Waals surface area contributed by atoms with Crippen molar-refractivity contribution in [1.82, 2.24) is 4.98 Å². The molecule has 5 heteroatoms. The highest BCUT2D eigenvalue weighted by Crippen LogP contribution is 2.28. The van der Waals surface area contributed by atoms with Crippen LogP contribution in [0.2, 0.25) is 5.15 Å². The van der Waals surface area contributed by atoms with Crippen molar-refractivity contribution in [3.05, 3.63) is 28.3 Å². The van der Waals surface area contributed by atoms with Gasteiger partial charge in [0.15, 0.2) is 0 Å². The summed E-state index contributed by atoms with van der Waals surface area (Å²) in [6.45, 7) is 0.252. The molecule has 2 nitrogen and oxygen atoms in total. The Morgan fingerprint density at radius 3 is 2.83 bits per heavy atom. The van der Waals surface area contributed by atoms with Crippen LogP contribution in [-0.4, -0.2) is 10.2 Å². The van der Waals surface area contributed by atoms with Crippen LogP contribution in [0.25, 0.3) is 0 Å². The molecule has 1 aromatic heterocycles. The molecule has 62 valence electrons. The van der Waals surface area contributed by atoms with E-state index in [9.17, 15) is 4.39 Å². The third-order valence-electron chi connectivity index (χ3n) is 1.67. The van der Waals surface area contributed by atoms with Crippen molar-refractivity contribution >= 4 is 28.4 Å². The summed E-state index contributed by atoms with van der Waals surface area (Å²) in [6.07, 6.45) is 1.08. The lowest BCUT2D eigenvalue weighted by Gasteiger charge is -2.00. The van der Waals surface area contributed by atoms with E-state index >= 15 is 0 Å². The number of pyridine rings is 1. The maximum atomic E-state index is 13.0.